The van der Waals surface area contributed by atoms with Crippen LogP contribution in [0.2, 0.25) is 5.02 Å². The average molecular weight is 540 g/mol. The Morgan fingerprint density at radius 3 is 2.37 bits per heavy atom. The summed E-state index contributed by atoms with van der Waals surface area (Å²) in [6.45, 7) is 0. The number of aromatic nitrogens is 1. The van der Waals surface area contributed by atoms with Gasteiger partial charge in [-0.05, 0) is 67.5 Å². The van der Waals surface area contributed by atoms with Crippen molar-refractivity contribution in [1.82, 2.24) is 10.3 Å². The predicted octanol–water partition coefficient (Wildman–Crippen LogP) is 3.95. The molecule has 9 nitrogen and oxygen atoms in total. The van der Waals surface area contributed by atoms with E-state index in [9.17, 15) is 21.6 Å². The van der Waals surface area contributed by atoms with Crippen molar-refractivity contribution in [3.63, 3.8) is 0 Å². The van der Waals surface area contributed by atoms with Crippen molar-refractivity contribution in [3.8, 4) is 11.3 Å². The lowest BCUT2D eigenvalue weighted by Crippen LogP contribution is -2.20. The molecule has 0 unspecified atom stereocenters. The highest BCUT2D eigenvalue weighted by atomic mass is 35.5. The second-order valence-corrected chi connectivity index (χ2v) is 13.2. The number of nitrogens with one attached hydrogen (secondary N) is 2. The van der Waals surface area contributed by atoms with Gasteiger partial charge in [0.1, 0.15) is 21.4 Å². The Kier molecular flexibility index (Phi) is 7.12. The molecule has 0 saturated heterocycles. The van der Waals surface area contributed by atoms with E-state index in [-0.39, 0.29) is 47.7 Å². The smallest absolute Gasteiger partial charge is 0.255 e. The van der Waals surface area contributed by atoms with Crippen LogP contribution in [0.25, 0.3) is 22.4 Å². The van der Waals surface area contributed by atoms with Crippen LogP contribution in [0.5, 0.6) is 0 Å². The van der Waals surface area contributed by atoms with Crippen molar-refractivity contribution in [2.45, 2.75) is 31.6 Å². The van der Waals surface area contributed by atoms with Crippen LogP contribution in [0.1, 0.15) is 47.5 Å². The van der Waals surface area contributed by atoms with Gasteiger partial charge in [0.05, 0.1) is 16.7 Å². The molecule has 12 heteroatoms. The summed E-state index contributed by atoms with van der Waals surface area (Å²) < 4.78 is 56.6. The highest BCUT2D eigenvalue weighted by Gasteiger charge is 2.31. The summed E-state index contributed by atoms with van der Waals surface area (Å²) in [5.74, 6) is -0.0432. The number of amides is 1. The van der Waals surface area contributed by atoms with Gasteiger partial charge >= 0.3 is 0 Å². The van der Waals surface area contributed by atoms with Crippen molar-refractivity contribution in [2.75, 3.05) is 29.5 Å². The quantitative estimate of drug-likeness (QED) is 0.372. The van der Waals surface area contributed by atoms with Gasteiger partial charge in [-0.15, -0.1) is 0 Å². The van der Waals surface area contributed by atoms with E-state index < -0.39 is 19.9 Å². The second-order valence-electron chi connectivity index (χ2n) is 8.70. The number of nitrogens with zero attached hydrogens (tertiary/aromatic N) is 1. The number of halogens is 1. The number of carbonyl (C=O) groups excluding carboxylic acids is 1. The lowest BCUT2D eigenvalue weighted by atomic mass is 10.0. The Labute approximate surface area is 209 Å². The first kappa shape index (κ1) is 25.5. The highest BCUT2D eigenvalue weighted by molar-refractivity contribution is 7.92. The summed E-state index contributed by atoms with van der Waals surface area (Å²) in [4.78, 5) is 17.3. The van der Waals surface area contributed by atoms with Crippen LogP contribution in [-0.4, -0.2) is 52.5 Å². The number of pyridine rings is 1. The molecule has 1 aliphatic carbocycles. The fourth-order valence-electron chi connectivity index (χ4n) is 3.84. The minimum atomic E-state index is -3.77. The molecule has 0 spiro atoms. The van der Waals surface area contributed by atoms with Gasteiger partial charge in [0, 0.05) is 29.6 Å². The Morgan fingerprint density at radius 2 is 1.77 bits per heavy atom. The molecule has 4 rings (SSSR count). The molecule has 1 fully saturated rings. The van der Waals surface area contributed by atoms with E-state index in [1.807, 2.05) is 0 Å². The standard InChI is InChI=1S/C23H26ClN3O6S2/c1-25-22(28)19-18-13-17(14-5-6-14)21(27-35(31,32)12-4-3-11-34(2,29)30)26-23(18)33-20(19)15-7-9-16(24)10-8-15/h7-10,13-14H,3-6,11-12H2,1-2H3,(H,25,28)(H,26,27). The zero-order chi connectivity index (χ0) is 25.4. The summed E-state index contributed by atoms with van der Waals surface area (Å²) in [7, 11) is -5.40. The molecule has 1 saturated carbocycles. The maximum atomic E-state index is 12.8. The van der Waals surface area contributed by atoms with Crippen molar-refractivity contribution < 1.29 is 26.0 Å². The van der Waals surface area contributed by atoms with Crippen LogP contribution in [0.3, 0.4) is 0 Å². The molecule has 0 radical (unpaired) electrons. The van der Waals surface area contributed by atoms with Gasteiger partial charge < -0.3 is 9.73 Å². The zero-order valence-electron chi connectivity index (χ0n) is 19.3. The molecule has 1 aliphatic rings. The van der Waals surface area contributed by atoms with Gasteiger partial charge in [-0.25, -0.2) is 16.8 Å². The van der Waals surface area contributed by atoms with Crippen LogP contribution in [-0.2, 0) is 19.9 Å². The summed E-state index contributed by atoms with van der Waals surface area (Å²) in [5.41, 5.74) is 1.78. The van der Waals surface area contributed by atoms with E-state index >= 15 is 0 Å². The number of carbonyl (C=O) groups is 1. The van der Waals surface area contributed by atoms with Crippen molar-refractivity contribution in [2.24, 2.45) is 0 Å². The SMILES string of the molecule is CNC(=O)c1c(-c2ccc(Cl)cc2)oc2nc(NS(=O)(=O)CCCCS(C)(=O)=O)c(C3CC3)cc12. The Balaban J connectivity index is 1.72. The van der Waals surface area contributed by atoms with E-state index in [1.54, 1.807) is 30.3 Å². The number of benzene rings is 1. The molecule has 2 heterocycles. The fourth-order valence-corrected chi connectivity index (χ4v) is 5.83. The highest BCUT2D eigenvalue weighted by Crippen LogP contribution is 2.45. The van der Waals surface area contributed by atoms with E-state index in [0.717, 1.165) is 19.1 Å². The van der Waals surface area contributed by atoms with Crippen LogP contribution >= 0.6 is 11.6 Å². The maximum absolute atomic E-state index is 12.8. The number of anilines is 1. The second kappa shape index (κ2) is 9.79. The number of sulfone groups is 1. The largest absolute Gasteiger partial charge is 0.437 e. The molecule has 0 bridgehead atoms. The molecule has 35 heavy (non-hydrogen) atoms. The van der Waals surface area contributed by atoms with Crippen molar-refractivity contribution >= 4 is 54.3 Å². The lowest BCUT2D eigenvalue weighted by Gasteiger charge is -2.11. The molecule has 0 aliphatic heterocycles. The van der Waals surface area contributed by atoms with E-state index in [2.05, 4.69) is 15.0 Å². The van der Waals surface area contributed by atoms with Crippen LogP contribution in [0.4, 0.5) is 5.82 Å². The molecule has 1 amide bonds. The maximum Gasteiger partial charge on any atom is 0.255 e. The van der Waals surface area contributed by atoms with Crippen LogP contribution in [0.15, 0.2) is 34.7 Å². The van der Waals surface area contributed by atoms with Crippen LogP contribution in [0, 0.1) is 0 Å². The molecular weight excluding hydrogens is 514 g/mol. The molecule has 1 aromatic carbocycles. The minimum Gasteiger partial charge on any atom is -0.437 e. The number of sulfonamides is 1. The number of rotatable bonds is 10. The Hall–Kier alpha value is -2.63. The number of fused-ring (bicyclic) bond motifs is 1. The van der Waals surface area contributed by atoms with Gasteiger partial charge in [-0.3, -0.25) is 9.52 Å². The van der Waals surface area contributed by atoms with E-state index in [1.165, 1.54) is 7.05 Å². The summed E-state index contributed by atoms with van der Waals surface area (Å²) in [6.07, 6.45) is 3.34. The molecule has 188 valence electrons. The number of hydrogen-bond donors (Lipinski definition) is 2. The Bertz CT molecular complexity index is 1480. The zero-order valence-corrected chi connectivity index (χ0v) is 21.7. The number of hydrogen-bond acceptors (Lipinski definition) is 7. The first-order chi connectivity index (χ1) is 16.5. The molecule has 2 N–H and O–H groups in total. The first-order valence-electron chi connectivity index (χ1n) is 11.1. The van der Waals surface area contributed by atoms with Crippen molar-refractivity contribution in [3.05, 3.63) is 46.5 Å². The minimum absolute atomic E-state index is 0.0673. The van der Waals surface area contributed by atoms with Gasteiger partial charge in [0.2, 0.25) is 15.7 Å². The summed E-state index contributed by atoms with van der Waals surface area (Å²) in [5, 5.41) is 3.66. The molecule has 2 aromatic heterocycles. The normalized spacial score (nSPS) is 14.3. The third-order valence-electron chi connectivity index (χ3n) is 5.72. The third kappa shape index (κ3) is 6.14. The van der Waals surface area contributed by atoms with Crippen LogP contribution < -0.4 is 10.0 Å². The molecule has 0 atom stereocenters. The Morgan fingerprint density at radius 1 is 1.11 bits per heavy atom. The van der Waals surface area contributed by atoms with E-state index in [4.69, 9.17) is 16.0 Å². The summed E-state index contributed by atoms with van der Waals surface area (Å²) in [6, 6.07) is 8.60. The average Bonchev–Trinajstić information content (AvgIpc) is 3.56. The van der Waals surface area contributed by atoms with Gasteiger partial charge in [-0.1, -0.05) is 11.6 Å². The molecule has 3 aromatic rings. The number of unbranched alkanes of at least 4 members (excludes halogenated alkanes) is 1. The predicted molar refractivity (Wildman–Crippen MR) is 136 cm³/mol. The number of furan rings is 1. The van der Waals surface area contributed by atoms with Gasteiger partial charge in [0.15, 0.2) is 0 Å². The van der Waals surface area contributed by atoms with Gasteiger partial charge in [0.25, 0.3) is 5.91 Å². The van der Waals surface area contributed by atoms with E-state index in [0.29, 0.717) is 32.9 Å². The fraction of sp³-hybridized carbons (Fsp3) is 0.391. The lowest BCUT2D eigenvalue weighted by molar-refractivity contribution is 0.0964. The topological polar surface area (TPSA) is 135 Å². The summed E-state index contributed by atoms with van der Waals surface area (Å²) >= 11 is 6.00. The molecular formula is C23H26ClN3O6S2. The van der Waals surface area contributed by atoms with Crippen molar-refractivity contribution in [1.29, 1.82) is 0 Å². The monoisotopic (exact) mass is 539 g/mol. The third-order valence-corrected chi connectivity index (χ3v) is 8.33. The first-order valence-corrected chi connectivity index (χ1v) is 15.2. The van der Waals surface area contributed by atoms with Gasteiger partial charge in [-0.2, -0.15) is 4.98 Å².